The normalized spacial score (nSPS) is 21.6. The van der Waals surface area contributed by atoms with Crippen molar-refractivity contribution < 1.29 is 13.2 Å². The standard InChI is InChI=1S/C16H19N3O4S2/c1-18(10-5-6-25(22,23)8-10)13(20)7-19-9-17-15-14(16(19)21)11-3-2-4-12(11)24-15/h9-10H,2-8H2,1H3/t10-/m1/s1. The molecular weight excluding hydrogens is 362 g/mol. The minimum Gasteiger partial charge on any atom is -0.340 e. The second-order valence-corrected chi connectivity index (χ2v) is 10.1. The first-order valence-electron chi connectivity index (χ1n) is 8.31. The molecule has 0 spiro atoms. The average molecular weight is 381 g/mol. The molecule has 0 bridgehead atoms. The van der Waals surface area contributed by atoms with Crippen molar-refractivity contribution in [1.29, 1.82) is 0 Å². The summed E-state index contributed by atoms with van der Waals surface area (Å²) in [7, 11) is -1.45. The Morgan fingerprint density at radius 2 is 2.24 bits per heavy atom. The Balaban J connectivity index is 1.59. The van der Waals surface area contributed by atoms with Crippen molar-refractivity contribution in [2.75, 3.05) is 18.6 Å². The first kappa shape index (κ1) is 16.7. The predicted molar refractivity (Wildman–Crippen MR) is 95.7 cm³/mol. The summed E-state index contributed by atoms with van der Waals surface area (Å²) in [4.78, 5) is 33.1. The SMILES string of the molecule is CN(C(=O)Cn1cnc2sc3c(c2c1=O)CCC3)[C@@H]1CCS(=O)(=O)C1. The van der Waals surface area contributed by atoms with Gasteiger partial charge in [0.25, 0.3) is 5.56 Å². The van der Waals surface area contributed by atoms with E-state index in [1.54, 1.807) is 18.4 Å². The van der Waals surface area contributed by atoms with Crippen molar-refractivity contribution in [2.24, 2.45) is 0 Å². The van der Waals surface area contributed by atoms with Crippen LogP contribution >= 0.6 is 11.3 Å². The smallest absolute Gasteiger partial charge is 0.262 e. The maximum Gasteiger partial charge on any atom is 0.262 e. The number of carbonyl (C=O) groups is 1. The van der Waals surface area contributed by atoms with Crippen LogP contribution in [-0.4, -0.2) is 53.4 Å². The second kappa shape index (κ2) is 5.91. The van der Waals surface area contributed by atoms with Crippen LogP contribution in [0, 0.1) is 0 Å². The summed E-state index contributed by atoms with van der Waals surface area (Å²) in [6, 6.07) is -0.310. The number of nitrogens with zero attached hydrogens (tertiary/aromatic N) is 3. The molecule has 0 saturated carbocycles. The lowest BCUT2D eigenvalue weighted by Gasteiger charge is -2.23. The van der Waals surface area contributed by atoms with Crippen molar-refractivity contribution in [1.82, 2.24) is 14.5 Å². The van der Waals surface area contributed by atoms with Gasteiger partial charge in [-0.1, -0.05) is 0 Å². The van der Waals surface area contributed by atoms with Gasteiger partial charge in [-0.25, -0.2) is 13.4 Å². The summed E-state index contributed by atoms with van der Waals surface area (Å²) in [5.74, 6) is -0.152. The fourth-order valence-corrected chi connectivity index (χ4v) is 6.67. The molecule has 1 amide bonds. The molecular formula is C16H19N3O4S2. The highest BCUT2D eigenvalue weighted by atomic mass is 32.2. The van der Waals surface area contributed by atoms with E-state index in [4.69, 9.17) is 0 Å². The Morgan fingerprint density at radius 1 is 1.44 bits per heavy atom. The molecule has 0 unspecified atom stereocenters. The minimum atomic E-state index is -3.06. The van der Waals surface area contributed by atoms with Crippen LogP contribution in [0.2, 0.25) is 0 Å². The third kappa shape index (κ3) is 2.89. The lowest BCUT2D eigenvalue weighted by Crippen LogP contribution is -2.41. The van der Waals surface area contributed by atoms with Gasteiger partial charge in [-0.2, -0.15) is 0 Å². The monoisotopic (exact) mass is 381 g/mol. The van der Waals surface area contributed by atoms with Crippen LogP contribution in [0.15, 0.2) is 11.1 Å². The molecule has 1 atom stereocenters. The van der Waals surface area contributed by atoms with Gasteiger partial charge in [0.05, 0.1) is 23.2 Å². The Kier molecular flexibility index (Phi) is 3.95. The molecule has 9 heteroatoms. The van der Waals surface area contributed by atoms with Gasteiger partial charge in [0.15, 0.2) is 9.84 Å². The number of carbonyl (C=O) groups excluding carboxylic acids is 1. The van der Waals surface area contributed by atoms with Gasteiger partial charge in [0.1, 0.15) is 11.4 Å². The van der Waals surface area contributed by atoms with Crippen LogP contribution in [0.4, 0.5) is 0 Å². The lowest BCUT2D eigenvalue weighted by atomic mass is 10.2. The van der Waals surface area contributed by atoms with Crippen LogP contribution in [0.25, 0.3) is 10.2 Å². The van der Waals surface area contributed by atoms with Crippen LogP contribution in [0.3, 0.4) is 0 Å². The number of hydrogen-bond donors (Lipinski definition) is 0. The summed E-state index contributed by atoms with van der Waals surface area (Å²) in [6.07, 6.45) is 4.82. The Hall–Kier alpha value is -1.74. The highest BCUT2D eigenvalue weighted by Gasteiger charge is 2.33. The summed E-state index contributed by atoms with van der Waals surface area (Å²) < 4.78 is 24.6. The Labute approximate surface area is 149 Å². The molecule has 4 rings (SSSR count). The highest BCUT2D eigenvalue weighted by molar-refractivity contribution is 7.91. The zero-order valence-electron chi connectivity index (χ0n) is 13.9. The molecule has 1 fully saturated rings. The number of sulfone groups is 1. The van der Waals surface area contributed by atoms with E-state index in [-0.39, 0.29) is 35.6 Å². The van der Waals surface area contributed by atoms with E-state index in [2.05, 4.69) is 4.98 Å². The molecule has 0 aromatic carbocycles. The average Bonchev–Trinajstić information content (AvgIpc) is 3.22. The van der Waals surface area contributed by atoms with Crippen molar-refractivity contribution in [3.8, 4) is 0 Å². The molecule has 2 aromatic heterocycles. The van der Waals surface area contributed by atoms with Crippen LogP contribution in [0.1, 0.15) is 23.3 Å². The van der Waals surface area contributed by atoms with E-state index in [9.17, 15) is 18.0 Å². The number of thiophene rings is 1. The number of rotatable bonds is 3. The van der Waals surface area contributed by atoms with E-state index < -0.39 is 9.84 Å². The van der Waals surface area contributed by atoms with Gasteiger partial charge in [-0.05, 0) is 31.2 Å². The number of amides is 1. The molecule has 134 valence electrons. The van der Waals surface area contributed by atoms with Crippen molar-refractivity contribution in [3.05, 3.63) is 27.1 Å². The largest absolute Gasteiger partial charge is 0.340 e. The first-order chi connectivity index (χ1) is 11.9. The van der Waals surface area contributed by atoms with Gasteiger partial charge < -0.3 is 4.90 Å². The predicted octanol–water partition coefficient (Wildman–Crippen LogP) is 0.592. The fourth-order valence-electron chi connectivity index (χ4n) is 3.67. The van der Waals surface area contributed by atoms with Gasteiger partial charge in [0, 0.05) is 18.0 Å². The maximum absolute atomic E-state index is 12.8. The van der Waals surface area contributed by atoms with Gasteiger partial charge >= 0.3 is 0 Å². The summed E-state index contributed by atoms with van der Waals surface area (Å²) >= 11 is 1.57. The van der Waals surface area contributed by atoms with Crippen molar-refractivity contribution in [2.45, 2.75) is 38.3 Å². The zero-order chi connectivity index (χ0) is 17.8. The van der Waals surface area contributed by atoms with E-state index in [1.807, 2.05) is 0 Å². The molecule has 25 heavy (non-hydrogen) atoms. The molecule has 2 aliphatic rings. The van der Waals surface area contributed by atoms with Crippen LogP contribution in [0.5, 0.6) is 0 Å². The third-order valence-corrected chi connectivity index (χ3v) is 8.10. The quantitative estimate of drug-likeness (QED) is 0.776. The van der Waals surface area contributed by atoms with Gasteiger partial charge in [0.2, 0.25) is 5.91 Å². The van der Waals surface area contributed by atoms with Crippen molar-refractivity contribution >= 4 is 37.3 Å². The Bertz CT molecular complexity index is 1020. The Morgan fingerprint density at radius 3 is 2.96 bits per heavy atom. The lowest BCUT2D eigenvalue weighted by molar-refractivity contribution is -0.132. The van der Waals surface area contributed by atoms with E-state index in [0.29, 0.717) is 11.8 Å². The van der Waals surface area contributed by atoms with E-state index >= 15 is 0 Å². The fraction of sp³-hybridized carbons (Fsp3) is 0.562. The summed E-state index contributed by atoms with van der Waals surface area (Å²) in [5, 5.41) is 0.652. The maximum atomic E-state index is 12.8. The first-order valence-corrected chi connectivity index (χ1v) is 11.0. The molecule has 2 aromatic rings. The van der Waals surface area contributed by atoms with E-state index in [0.717, 1.165) is 29.7 Å². The highest BCUT2D eigenvalue weighted by Crippen LogP contribution is 2.34. The summed E-state index contributed by atoms with van der Waals surface area (Å²) in [5.41, 5.74) is 0.916. The van der Waals surface area contributed by atoms with Crippen LogP contribution < -0.4 is 5.56 Å². The molecule has 1 saturated heterocycles. The van der Waals surface area contributed by atoms with Gasteiger partial charge in [-0.3, -0.25) is 14.2 Å². The zero-order valence-corrected chi connectivity index (χ0v) is 15.5. The molecule has 7 nitrogen and oxygen atoms in total. The minimum absolute atomic E-state index is 0.000533. The molecule has 0 N–H and O–H groups in total. The summed E-state index contributed by atoms with van der Waals surface area (Å²) in [6.45, 7) is -0.112. The number of likely N-dealkylation sites (N-methyl/N-ethyl adjacent to an activating group) is 1. The molecule has 1 aliphatic carbocycles. The number of aromatic nitrogens is 2. The second-order valence-electron chi connectivity index (χ2n) is 6.78. The van der Waals surface area contributed by atoms with Gasteiger partial charge in [-0.15, -0.1) is 11.3 Å². The number of fused-ring (bicyclic) bond motifs is 3. The topological polar surface area (TPSA) is 89.3 Å². The number of aryl methyl sites for hydroxylation is 2. The molecule has 1 aliphatic heterocycles. The number of hydrogen-bond acceptors (Lipinski definition) is 6. The molecule has 3 heterocycles. The van der Waals surface area contributed by atoms with Crippen LogP contribution in [-0.2, 0) is 34.0 Å². The van der Waals surface area contributed by atoms with Crippen molar-refractivity contribution in [3.63, 3.8) is 0 Å². The van der Waals surface area contributed by atoms with E-state index in [1.165, 1.54) is 20.7 Å². The molecule has 0 radical (unpaired) electrons. The third-order valence-electron chi connectivity index (χ3n) is 5.15.